The van der Waals surface area contributed by atoms with Crippen LogP contribution < -0.4 is 5.73 Å². The van der Waals surface area contributed by atoms with E-state index in [-0.39, 0.29) is 18.0 Å². The molecule has 2 aromatic heterocycles. The van der Waals surface area contributed by atoms with Crippen LogP contribution >= 0.6 is 0 Å². The van der Waals surface area contributed by atoms with Gasteiger partial charge in [-0.1, -0.05) is 23.4 Å². The zero-order chi connectivity index (χ0) is 12.5. The Balaban J connectivity index is 1.95. The van der Waals surface area contributed by atoms with Crippen molar-refractivity contribution in [2.45, 2.75) is 6.42 Å². The first kappa shape index (κ1) is 10.5. The van der Waals surface area contributed by atoms with E-state index in [0.29, 0.717) is 11.3 Å². The Labute approximate surface area is 102 Å². The Morgan fingerprint density at radius 3 is 2.94 bits per heavy atom. The van der Waals surface area contributed by atoms with E-state index in [4.69, 9.17) is 5.73 Å². The third kappa shape index (κ3) is 1.64. The molecule has 0 unspecified atom stereocenters. The molecule has 3 N–H and O–H groups in total. The summed E-state index contributed by atoms with van der Waals surface area (Å²) in [6, 6.07) is 7.60. The maximum atomic E-state index is 12.2. The van der Waals surface area contributed by atoms with Gasteiger partial charge in [0.1, 0.15) is 5.69 Å². The molecule has 0 bridgehead atoms. The lowest BCUT2D eigenvalue weighted by atomic mass is 10.1. The Bertz CT molecular complexity index is 714. The average Bonchev–Trinajstić information content (AvgIpc) is 2.96. The molecule has 90 valence electrons. The highest BCUT2D eigenvalue weighted by molar-refractivity contribution is 6.08. The largest absolute Gasteiger partial charge is 0.379 e. The maximum Gasteiger partial charge on any atom is 0.191 e. The van der Waals surface area contributed by atoms with E-state index in [2.05, 4.69) is 19.9 Å². The second-order valence-electron chi connectivity index (χ2n) is 3.94. The fraction of sp³-hybridized carbons (Fsp3) is 0.0833. The number of carbonyl (C=O) groups is 1. The van der Waals surface area contributed by atoms with Gasteiger partial charge in [-0.05, 0) is 11.2 Å². The maximum absolute atomic E-state index is 12.2. The fourth-order valence-corrected chi connectivity index (χ4v) is 1.89. The van der Waals surface area contributed by atoms with Crippen LogP contribution in [0, 0.1) is 0 Å². The topological polar surface area (TPSA) is 97.8 Å². The number of aromatic amines is 1. The predicted octanol–water partition coefficient (Wildman–Crippen LogP) is 1.56. The highest BCUT2D eigenvalue weighted by atomic mass is 16.6. The van der Waals surface area contributed by atoms with Crippen molar-refractivity contribution in [3.05, 3.63) is 41.7 Å². The van der Waals surface area contributed by atoms with Crippen molar-refractivity contribution in [1.29, 1.82) is 0 Å². The lowest BCUT2D eigenvalue weighted by Crippen LogP contribution is -2.05. The van der Waals surface area contributed by atoms with Gasteiger partial charge in [-0.25, -0.2) is 4.63 Å². The zero-order valence-corrected chi connectivity index (χ0v) is 9.38. The van der Waals surface area contributed by atoms with E-state index >= 15 is 0 Å². The number of ketones is 1. The number of hydrogen-bond acceptors (Lipinski definition) is 5. The summed E-state index contributed by atoms with van der Waals surface area (Å²) >= 11 is 0. The highest BCUT2D eigenvalue weighted by Crippen LogP contribution is 2.20. The van der Waals surface area contributed by atoms with Crippen LogP contribution in [-0.2, 0) is 6.42 Å². The highest BCUT2D eigenvalue weighted by Gasteiger charge is 2.16. The lowest BCUT2D eigenvalue weighted by molar-refractivity contribution is 0.0992. The van der Waals surface area contributed by atoms with Crippen molar-refractivity contribution in [2.24, 2.45) is 0 Å². The number of H-pyrrole nitrogens is 1. The number of Topliss-reactive ketones (excluding diaryl/α,β-unsaturated/α-hetero) is 1. The van der Waals surface area contributed by atoms with E-state index in [1.54, 1.807) is 6.20 Å². The van der Waals surface area contributed by atoms with Gasteiger partial charge < -0.3 is 10.7 Å². The van der Waals surface area contributed by atoms with Crippen molar-refractivity contribution < 1.29 is 9.42 Å². The van der Waals surface area contributed by atoms with Gasteiger partial charge in [0, 0.05) is 22.7 Å². The quantitative estimate of drug-likeness (QED) is 0.679. The Morgan fingerprint density at radius 1 is 1.33 bits per heavy atom. The van der Waals surface area contributed by atoms with Gasteiger partial charge in [-0.15, -0.1) is 0 Å². The minimum Gasteiger partial charge on any atom is -0.379 e. The molecule has 0 saturated carbocycles. The number of fused-ring (bicyclic) bond motifs is 1. The average molecular weight is 242 g/mol. The van der Waals surface area contributed by atoms with Crippen molar-refractivity contribution in [3.63, 3.8) is 0 Å². The van der Waals surface area contributed by atoms with Gasteiger partial charge in [0.05, 0.1) is 6.42 Å². The molecule has 18 heavy (non-hydrogen) atoms. The van der Waals surface area contributed by atoms with Gasteiger partial charge in [-0.2, -0.15) is 0 Å². The lowest BCUT2D eigenvalue weighted by Gasteiger charge is -1.96. The zero-order valence-electron chi connectivity index (χ0n) is 9.38. The van der Waals surface area contributed by atoms with Crippen LogP contribution in [0.1, 0.15) is 16.1 Å². The predicted molar refractivity (Wildman–Crippen MR) is 65.0 cm³/mol. The van der Waals surface area contributed by atoms with Crippen LogP contribution in [0.3, 0.4) is 0 Å². The number of nitrogens with one attached hydrogen (secondary N) is 1. The van der Waals surface area contributed by atoms with E-state index in [0.717, 1.165) is 10.9 Å². The number of nitrogens with zero attached hydrogens (tertiary/aromatic N) is 2. The minimum absolute atomic E-state index is 0.0742. The number of hydrogen-bond donors (Lipinski definition) is 2. The van der Waals surface area contributed by atoms with E-state index < -0.39 is 0 Å². The van der Waals surface area contributed by atoms with Gasteiger partial charge in [0.2, 0.25) is 0 Å². The summed E-state index contributed by atoms with van der Waals surface area (Å²) in [6.45, 7) is 0. The summed E-state index contributed by atoms with van der Waals surface area (Å²) in [4.78, 5) is 15.2. The van der Waals surface area contributed by atoms with Gasteiger partial charge in [0.25, 0.3) is 0 Å². The molecule has 6 nitrogen and oxygen atoms in total. The third-order valence-electron chi connectivity index (χ3n) is 2.80. The number of benzene rings is 1. The van der Waals surface area contributed by atoms with Crippen molar-refractivity contribution in [3.8, 4) is 0 Å². The summed E-state index contributed by atoms with van der Waals surface area (Å²) in [5.41, 5.74) is 7.44. The summed E-state index contributed by atoms with van der Waals surface area (Å²) in [5.74, 6) is 0.0815. The summed E-state index contributed by atoms with van der Waals surface area (Å²) < 4.78 is 4.47. The molecule has 1 aromatic carbocycles. The number of nitrogens with two attached hydrogens (primary N) is 1. The standard InChI is InChI=1S/C12H10N4O2/c13-12-10(15-18-16-12)5-11(17)8-6-14-9-4-2-1-3-7(8)9/h1-4,6,14H,5H2,(H2,13,16). The number of anilines is 1. The van der Waals surface area contributed by atoms with Gasteiger partial charge in [-0.3, -0.25) is 4.79 Å². The second-order valence-corrected chi connectivity index (χ2v) is 3.94. The fourth-order valence-electron chi connectivity index (χ4n) is 1.89. The molecular weight excluding hydrogens is 232 g/mol. The SMILES string of the molecule is Nc1nonc1CC(=O)c1c[nH]c2ccccc12. The summed E-state index contributed by atoms with van der Waals surface area (Å²) in [7, 11) is 0. The molecule has 0 amide bonds. The number of carbonyl (C=O) groups excluding carboxylic acids is 1. The molecule has 0 spiro atoms. The monoisotopic (exact) mass is 242 g/mol. The van der Waals surface area contributed by atoms with Crippen molar-refractivity contribution >= 4 is 22.5 Å². The molecule has 3 rings (SSSR count). The van der Waals surface area contributed by atoms with Gasteiger partial charge >= 0.3 is 0 Å². The minimum atomic E-state index is -0.0742. The van der Waals surface area contributed by atoms with E-state index in [1.165, 1.54) is 0 Å². The van der Waals surface area contributed by atoms with Crippen molar-refractivity contribution in [2.75, 3.05) is 5.73 Å². The molecule has 0 aliphatic heterocycles. The Morgan fingerprint density at radius 2 is 2.17 bits per heavy atom. The normalized spacial score (nSPS) is 10.9. The molecule has 0 radical (unpaired) electrons. The van der Waals surface area contributed by atoms with Crippen LogP contribution in [0.5, 0.6) is 0 Å². The van der Waals surface area contributed by atoms with Crippen LogP contribution in [-0.4, -0.2) is 21.1 Å². The molecule has 0 atom stereocenters. The van der Waals surface area contributed by atoms with Gasteiger partial charge in [0.15, 0.2) is 11.6 Å². The Hall–Kier alpha value is -2.63. The smallest absolute Gasteiger partial charge is 0.191 e. The Kier molecular flexibility index (Phi) is 2.33. The molecule has 6 heteroatoms. The van der Waals surface area contributed by atoms with E-state index in [9.17, 15) is 4.79 Å². The molecular formula is C12H10N4O2. The summed E-state index contributed by atoms with van der Waals surface area (Å²) in [6.07, 6.45) is 1.77. The first-order chi connectivity index (χ1) is 8.75. The summed E-state index contributed by atoms with van der Waals surface area (Å²) in [5, 5.41) is 7.94. The molecule has 3 aromatic rings. The first-order valence-electron chi connectivity index (χ1n) is 5.42. The van der Waals surface area contributed by atoms with E-state index in [1.807, 2.05) is 24.3 Å². The molecule has 0 aliphatic rings. The molecule has 0 aliphatic carbocycles. The first-order valence-corrected chi connectivity index (χ1v) is 5.42. The molecule has 0 fully saturated rings. The van der Waals surface area contributed by atoms with Crippen LogP contribution in [0.25, 0.3) is 10.9 Å². The number of nitrogen functional groups attached to an aromatic ring is 1. The number of aromatic nitrogens is 3. The van der Waals surface area contributed by atoms with Crippen molar-refractivity contribution in [1.82, 2.24) is 15.3 Å². The number of rotatable bonds is 3. The van der Waals surface area contributed by atoms with Crippen LogP contribution in [0.15, 0.2) is 35.1 Å². The third-order valence-corrected chi connectivity index (χ3v) is 2.80. The number of para-hydroxylation sites is 1. The second kappa shape index (κ2) is 3.99. The molecule has 2 heterocycles. The van der Waals surface area contributed by atoms with Crippen LogP contribution in [0.2, 0.25) is 0 Å². The van der Waals surface area contributed by atoms with Crippen LogP contribution in [0.4, 0.5) is 5.82 Å². The molecule has 0 saturated heterocycles.